The van der Waals surface area contributed by atoms with E-state index in [1.807, 2.05) is 0 Å². The highest BCUT2D eigenvalue weighted by Crippen LogP contribution is 2.32. The Labute approximate surface area is 182 Å². The molecule has 0 aliphatic heterocycles. The molecule has 3 rings (SSSR count). The first-order valence-electron chi connectivity index (χ1n) is 9.67. The molecule has 0 fully saturated rings. The van der Waals surface area contributed by atoms with Crippen molar-refractivity contribution in [2.75, 3.05) is 12.3 Å². The molecule has 0 saturated heterocycles. The van der Waals surface area contributed by atoms with Crippen LogP contribution in [0.25, 0.3) is 16.9 Å². The summed E-state index contributed by atoms with van der Waals surface area (Å²) in [5.74, 6) is -0.0266. The molecule has 0 atom stereocenters. The number of halogens is 3. The van der Waals surface area contributed by atoms with Crippen molar-refractivity contribution in [1.82, 2.24) is 23.6 Å². The van der Waals surface area contributed by atoms with Crippen LogP contribution in [0.15, 0.2) is 24.5 Å². The first-order valence-corrected chi connectivity index (χ1v) is 11.3. The number of amides is 1. The molecule has 0 saturated carbocycles. The summed E-state index contributed by atoms with van der Waals surface area (Å²) in [6.45, 7) is 3.20. The van der Waals surface area contributed by atoms with Crippen molar-refractivity contribution in [3.63, 3.8) is 0 Å². The summed E-state index contributed by atoms with van der Waals surface area (Å²) in [7, 11) is -2.47. The zero-order valence-corrected chi connectivity index (χ0v) is 18.4. The van der Waals surface area contributed by atoms with Gasteiger partial charge in [0.2, 0.25) is 10.0 Å². The predicted octanol–water partition coefficient (Wildman–Crippen LogP) is 3.35. The molecule has 0 aliphatic carbocycles. The normalized spacial score (nSPS) is 12.4. The van der Waals surface area contributed by atoms with E-state index in [1.54, 1.807) is 25.5 Å². The smallest absolute Gasteiger partial charge is 0.421 e. The Balaban J connectivity index is 2.00. The van der Waals surface area contributed by atoms with E-state index in [9.17, 15) is 31.5 Å². The van der Waals surface area contributed by atoms with E-state index in [0.717, 1.165) is 12.3 Å². The van der Waals surface area contributed by atoms with E-state index in [4.69, 9.17) is 0 Å². The highest BCUT2D eigenvalue weighted by molar-refractivity contribution is 7.89. The van der Waals surface area contributed by atoms with Gasteiger partial charge in [-0.15, -0.1) is 0 Å². The van der Waals surface area contributed by atoms with Crippen LogP contribution in [-0.2, 0) is 29.7 Å². The minimum absolute atomic E-state index is 0.0366. The lowest BCUT2D eigenvalue weighted by atomic mass is 10.2. The fraction of sp³-hybridized carbons (Fsp3) is 0.421. The van der Waals surface area contributed by atoms with Crippen LogP contribution in [0.3, 0.4) is 0 Å². The maximum atomic E-state index is 13.0. The number of rotatable bonds is 7. The lowest BCUT2D eigenvalue weighted by Crippen LogP contribution is -2.38. The number of hydrogen-bond acceptors (Lipinski definition) is 5. The number of carboxylic acid groups (broad SMARTS) is 1. The number of hydrogen-bond donors (Lipinski definition) is 1. The molecule has 3 aromatic rings. The van der Waals surface area contributed by atoms with Gasteiger partial charge in [-0.05, 0) is 31.9 Å². The van der Waals surface area contributed by atoms with E-state index < -0.39 is 33.6 Å². The number of fused-ring (bicyclic) bond motifs is 1. The van der Waals surface area contributed by atoms with Crippen molar-refractivity contribution in [2.45, 2.75) is 32.9 Å². The zero-order valence-electron chi connectivity index (χ0n) is 17.6. The van der Waals surface area contributed by atoms with Gasteiger partial charge in [-0.2, -0.15) is 18.3 Å². The molecule has 0 aromatic carbocycles. The molecule has 1 N–H and O–H groups in total. The second-order valence-electron chi connectivity index (χ2n) is 7.25. The number of carbonyl (C=O) groups is 1. The van der Waals surface area contributed by atoms with Gasteiger partial charge in [0, 0.05) is 36.9 Å². The molecular weight excluding hydrogens is 451 g/mol. The quantitative estimate of drug-likeness (QED) is 0.564. The van der Waals surface area contributed by atoms with Crippen LogP contribution in [-0.4, -0.2) is 55.6 Å². The van der Waals surface area contributed by atoms with Gasteiger partial charge in [0.15, 0.2) is 0 Å². The van der Waals surface area contributed by atoms with Crippen LogP contribution in [0, 0.1) is 6.92 Å². The van der Waals surface area contributed by atoms with Crippen molar-refractivity contribution in [2.24, 2.45) is 7.05 Å². The monoisotopic (exact) mass is 473 g/mol. The van der Waals surface area contributed by atoms with Gasteiger partial charge in [-0.1, -0.05) is 6.92 Å². The lowest BCUT2D eigenvalue weighted by Gasteiger charge is -2.18. The topological polar surface area (TPSA) is 110 Å². The fourth-order valence-electron chi connectivity index (χ4n) is 3.53. The third-order valence-corrected chi connectivity index (χ3v) is 6.71. The Morgan fingerprint density at radius 3 is 2.59 bits per heavy atom. The van der Waals surface area contributed by atoms with Gasteiger partial charge < -0.3 is 5.11 Å². The first-order chi connectivity index (χ1) is 14.9. The number of aromatic nitrogens is 4. The Bertz CT molecular complexity index is 1260. The van der Waals surface area contributed by atoms with E-state index in [2.05, 4.69) is 10.1 Å². The third kappa shape index (κ3) is 4.42. The van der Waals surface area contributed by atoms with Crippen molar-refractivity contribution in [3.05, 3.63) is 41.3 Å². The highest BCUT2D eigenvalue weighted by Gasteiger charge is 2.32. The number of sulfonamides is 1. The second kappa shape index (κ2) is 8.45. The number of nitrogens with zero attached hydrogens (tertiary/aromatic N) is 5. The molecule has 3 heterocycles. The number of aryl methyl sites for hydroxylation is 2. The van der Waals surface area contributed by atoms with Gasteiger partial charge in [0.05, 0.1) is 17.0 Å². The van der Waals surface area contributed by atoms with Gasteiger partial charge in [0.1, 0.15) is 11.5 Å². The Kier molecular flexibility index (Phi) is 6.22. The zero-order chi connectivity index (χ0) is 23.8. The molecule has 9 nitrogen and oxygen atoms in total. The largest absolute Gasteiger partial charge is 0.464 e. The molecule has 0 radical (unpaired) electrons. The molecule has 13 heteroatoms. The van der Waals surface area contributed by atoms with Gasteiger partial charge in [-0.25, -0.2) is 22.5 Å². The molecule has 0 bridgehead atoms. The molecule has 0 unspecified atom stereocenters. The van der Waals surface area contributed by atoms with E-state index in [0.29, 0.717) is 27.8 Å². The summed E-state index contributed by atoms with van der Waals surface area (Å²) >= 11 is 0. The van der Waals surface area contributed by atoms with Crippen molar-refractivity contribution in [3.8, 4) is 5.82 Å². The summed E-state index contributed by atoms with van der Waals surface area (Å²) in [6.07, 6.45) is -3.50. The third-order valence-electron chi connectivity index (χ3n) is 4.98. The van der Waals surface area contributed by atoms with Crippen LogP contribution < -0.4 is 0 Å². The number of alkyl halides is 3. The minimum atomic E-state index is -4.53. The second-order valence-corrected chi connectivity index (χ2v) is 9.27. The first kappa shape index (κ1) is 23.6. The average molecular weight is 473 g/mol. The summed E-state index contributed by atoms with van der Waals surface area (Å²) in [6, 6.07) is 2.47. The SMILES string of the molecule is CCCN(C(=O)O)S(=O)(=O)CCc1c(C)nn(C)c1-n1ccc2cc(C(F)(F)F)cnc21. The van der Waals surface area contributed by atoms with Crippen LogP contribution >= 0.6 is 0 Å². The molecule has 32 heavy (non-hydrogen) atoms. The van der Waals surface area contributed by atoms with Gasteiger partial charge >= 0.3 is 12.3 Å². The van der Waals surface area contributed by atoms with Crippen LogP contribution in [0.4, 0.5) is 18.0 Å². The molecule has 0 spiro atoms. The highest BCUT2D eigenvalue weighted by atomic mass is 32.2. The lowest BCUT2D eigenvalue weighted by molar-refractivity contribution is -0.137. The number of pyridine rings is 1. The summed E-state index contributed by atoms with van der Waals surface area (Å²) in [5, 5.41) is 13.8. The fourth-order valence-corrected chi connectivity index (χ4v) is 4.91. The van der Waals surface area contributed by atoms with Crippen LogP contribution in [0.1, 0.15) is 30.2 Å². The maximum absolute atomic E-state index is 13.0. The summed E-state index contributed by atoms with van der Waals surface area (Å²) < 4.78 is 67.6. The Morgan fingerprint density at radius 2 is 2.00 bits per heavy atom. The van der Waals surface area contributed by atoms with Crippen molar-refractivity contribution in [1.29, 1.82) is 0 Å². The maximum Gasteiger partial charge on any atom is 0.421 e. The Hall–Kier alpha value is -3.09. The van der Waals surface area contributed by atoms with E-state index in [1.165, 1.54) is 16.9 Å². The van der Waals surface area contributed by atoms with Crippen molar-refractivity contribution >= 4 is 27.1 Å². The minimum Gasteiger partial charge on any atom is -0.464 e. The van der Waals surface area contributed by atoms with Gasteiger partial charge in [-0.3, -0.25) is 9.25 Å². The van der Waals surface area contributed by atoms with E-state index in [-0.39, 0.29) is 24.0 Å². The van der Waals surface area contributed by atoms with Crippen LogP contribution in [0.5, 0.6) is 0 Å². The molecule has 1 amide bonds. The van der Waals surface area contributed by atoms with E-state index >= 15 is 0 Å². The van der Waals surface area contributed by atoms with Crippen LogP contribution in [0.2, 0.25) is 0 Å². The average Bonchev–Trinajstić information content (AvgIpc) is 3.22. The molecule has 3 aromatic heterocycles. The summed E-state index contributed by atoms with van der Waals surface area (Å²) in [4.78, 5) is 15.3. The van der Waals surface area contributed by atoms with Crippen molar-refractivity contribution < 1.29 is 31.5 Å². The molecule has 174 valence electrons. The Morgan fingerprint density at radius 1 is 1.31 bits per heavy atom. The molecular formula is C19H22F3N5O4S. The standard InChI is InChI=1S/C19H22F3N5O4S/c1-4-7-27(18(28)29)32(30,31)9-6-15-12(2)24-25(3)17(15)26-8-5-13-10-14(19(20,21)22)11-23-16(13)26/h5,8,10-11H,4,6-7,9H2,1-3H3,(H,28,29). The molecule has 0 aliphatic rings. The predicted molar refractivity (Wildman–Crippen MR) is 110 cm³/mol. The summed E-state index contributed by atoms with van der Waals surface area (Å²) in [5.41, 5.74) is 0.420. The van der Waals surface area contributed by atoms with Gasteiger partial charge in [0.25, 0.3) is 0 Å².